The molecule has 6 heteroatoms. The Morgan fingerprint density at radius 2 is 1.80 bits per heavy atom. The van der Waals surface area contributed by atoms with E-state index in [-0.39, 0.29) is 31.4 Å². The Bertz CT molecular complexity index is 779. The summed E-state index contributed by atoms with van der Waals surface area (Å²) in [4.78, 5) is 23.5. The van der Waals surface area contributed by atoms with Crippen LogP contribution in [0.3, 0.4) is 0 Å². The van der Waals surface area contributed by atoms with Crippen molar-refractivity contribution in [3.8, 4) is 11.8 Å². The normalized spacial score (nSPS) is 9.76. The van der Waals surface area contributed by atoms with Crippen LogP contribution in [-0.2, 0) is 16.1 Å². The number of carbonyl (C=O) groups is 2. The van der Waals surface area contributed by atoms with Gasteiger partial charge in [-0.05, 0) is 30.7 Å². The molecule has 0 fully saturated rings. The first kappa shape index (κ1) is 18.0. The largest absolute Gasteiger partial charge is 0.484 e. The summed E-state index contributed by atoms with van der Waals surface area (Å²) in [5.74, 6) is -0.0273. The predicted octanol–water partition coefficient (Wildman–Crippen LogP) is 2.54. The number of hydrogen-bond donors (Lipinski definition) is 2. The first-order valence-corrected chi connectivity index (χ1v) is 7.79. The number of nitrogens with zero attached hydrogens (tertiary/aromatic N) is 1. The maximum Gasteiger partial charge on any atom is 0.262 e. The number of carbonyl (C=O) groups excluding carboxylic acids is 2. The standard InChI is InChI=1S/C19H19N3O3/c1-14-6-8-16(9-7-14)25-13-19(24)22-17-5-3-2-4-15(17)12-21-18(23)10-11-20/h2-9H,10,12-13H2,1H3,(H,21,23)(H,22,24). The molecule has 2 aromatic rings. The van der Waals surface area contributed by atoms with Gasteiger partial charge in [0.25, 0.3) is 5.91 Å². The van der Waals surface area contributed by atoms with Crippen molar-refractivity contribution >= 4 is 17.5 Å². The lowest BCUT2D eigenvalue weighted by atomic mass is 10.1. The van der Waals surface area contributed by atoms with Crippen LogP contribution >= 0.6 is 0 Å². The van der Waals surface area contributed by atoms with Gasteiger partial charge in [-0.3, -0.25) is 9.59 Å². The molecule has 25 heavy (non-hydrogen) atoms. The lowest BCUT2D eigenvalue weighted by molar-refractivity contribution is -0.120. The molecule has 0 unspecified atom stereocenters. The molecule has 2 amide bonds. The lowest BCUT2D eigenvalue weighted by Crippen LogP contribution is -2.24. The monoisotopic (exact) mass is 337 g/mol. The molecule has 0 aliphatic heterocycles. The van der Waals surface area contributed by atoms with E-state index in [0.29, 0.717) is 11.4 Å². The molecule has 0 saturated carbocycles. The van der Waals surface area contributed by atoms with Crippen LogP contribution in [0, 0.1) is 18.3 Å². The quantitative estimate of drug-likeness (QED) is 0.812. The van der Waals surface area contributed by atoms with Gasteiger partial charge in [-0.1, -0.05) is 35.9 Å². The third kappa shape index (κ3) is 5.99. The Kier molecular flexibility index (Phi) is 6.55. The van der Waals surface area contributed by atoms with E-state index in [1.807, 2.05) is 25.1 Å². The van der Waals surface area contributed by atoms with Gasteiger partial charge in [0.15, 0.2) is 6.61 Å². The lowest BCUT2D eigenvalue weighted by Gasteiger charge is -2.12. The number of nitrogens with one attached hydrogen (secondary N) is 2. The Hall–Kier alpha value is -3.33. The van der Waals surface area contributed by atoms with Crippen LogP contribution < -0.4 is 15.4 Å². The molecule has 0 heterocycles. The van der Waals surface area contributed by atoms with Crippen molar-refractivity contribution < 1.29 is 14.3 Å². The van der Waals surface area contributed by atoms with Crippen LogP contribution in [0.4, 0.5) is 5.69 Å². The van der Waals surface area contributed by atoms with E-state index in [1.165, 1.54) is 0 Å². The molecule has 0 aliphatic rings. The highest BCUT2D eigenvalue weighted by atomic mass is 16.5. The molecule has 2 N–H and O–H groups in total. The molecule has 0 bridgehead atoms. The summed E-state index contributed by atoms with van der Waals surface area (Å²) in [6, 6.07) is 16.4. The molecule has 128 valence electrons. The molecule has 6 nitrogen and oxygen atoms in total. The van der Waals surface area contributed by atoms with Crippen molar-refractivity contribution in [3.63, 3.8) is 0 Å². The van der Waals surface area contributed by atoms with Gasteiger partial charge < -0.3 is 15.4 Å². The van der Waals surface area contributed by atoms with Gasteiger partial charge in [0, 0.05) is 12.2 Å². The van der Waals surface area contributed by atoms with Crippen molar-refractivity contribution in [3.05, 3.63) is 59.7 Å². The minimum atomic E-state index is -0.355. The molecular formula is C19H19N3O3. The van der Waals surface area contributed by atoms with Gasteiger partial charge in [0.05, 0.1) is 6.07 Å². The summed E-state index contributed by atoms with van der Waals surface area (Å²) in [7, 11) is 0. The van der Waals surface area contributed by atoms with E-state index in [1.54, 1.807) is 36.4 Å². The number of para-hydroxylation sites is 1. The Labute approximate surface area is 146 Å². The minimum Gasteiger partial charge on any atom is -0.484 e. The van der Waals surface area contributed by atoms with Crippen molar-refractivity contribution in [1.29, 1.82) is 5.26 Å². The van der Waals surface area contributed by atoms with Crippen LogP contribution in [0.25, 0.3) is 0 Å². The molecular weight excluding hydrogens is 318 g/mol. The third-order valence-corrected chi connectivity index (χ3v) is 3.40. The third-order valence-electron chi connectivity index (χ3n) is 3.40. The van der Waals surface area contributed by atoms with Gasteiger partial charge >= 0.3 is 0 Å². The first-order valence-electron chi connectivity index (χ1n) is 7.79. The van der Waals surface area contributed by atoms with Gasteiger partial charge in [0.1, 0.15) is 12.2 Å². The zero-order chi connectivity index (χ0) is 18.1. The van der Waals surface area contributed by atoms with Crippen molar-refractivity contribution in [2.75, 3.05) is 11.9 Å². The number of amides is 2. The second-order valence-electron chi connectivity index (χ2n) is 5.42. The molecule has 0 atom stereocenters. The molecule has 0 aliphatic carbocycles. The van der Waals surface area contributed by atoms with Gasteiger partial charge in [-0.15, -0.1) is 0 Å². The van der Waals surface area contributed by atoms with Crippen LogP contribution in [0.5, 0.6) is 5.75 Å². The van der Waals surface area contributed by atoms with Crippen LogP contribution in [0.2, 0.25) is 0 Å². The second kappa shape index (κ2) is 9.08. The van der Waals surface area contributed by atoms with Crippen LogP contribution in [0.1, 0.15) is 17.5 Å². The number of hydrogen-bond acceptors (Lipinski definition) is 4. The van der Waals surface area contributed by atoms with E-state index in [4.69, 9.17) is 10.00 Å². The van der Waals surface area contributed by atoms with E-state index in [0.717, 1.165) is 11.1 Å². The zero-order valence-corrected chi connectivity index (χ0v) is 13.9. The van der Waals surface area contributed by atoms with E-state index >= 15 is 0 Å². The fourth-order valence-electron chi connectivity index (χ4n) is 2.09. The summed E-state index contributed by atoms with van der Waals surface area (Å²) in [5.41, 5.74) is 2.46. The maximum absolute atomic E-state index is 12.1. The molecule has 0 spiro atoms. The zero-order valence-electron chi connectivity index (χ0n) is 13.9. The number of aryl methyl sites for hydroxylation is 1. The first-order chi connectivity index (χ1) is 12.1. The van der Waals surface area contributed by atoms with Gasteiger partial charge in [-0.2, -0.15) is 5.26 Å². The molecule has 2 aromatic carbocycles. The summed E-state index contributed by atoms with van der Waals surface area (Å²) in [5, 5.41) is 13.9. The summed E-state index contributed by atoms with van der Waals surface area (Å²) < 4.78 is 5.45. The number of nitriles is 1. The van der Waals surface area contributed by atoms with Crippen molar-refractivity contribution in [2.24, 2.45) is 0 Å². The van der Waals surface area contributed by atoms with Gasteiger partial charge in [0.2, 0.25) is 5.91 Å². The highest BCUT2D eigenvalue weighted by Crippen LogP contribution is 2.15. The van der Waals surface area contributed by atoms with Crippen molar-refractivity contribution in [2.45, 2.75) is 19.9 Å². The maximum atomic E-state index is 12.1. The highest BCUT2D eigenvalue weighted by molar-refractivity contribution is 5.92. The molecule has 0 aromatic heterocycles. The fraction of sp³-hybridized carbons (Fsp3) is 0.211. The summed E-state index contributed by atoms with van der Waals surface area (Å²) in [6.45, 7) is 2.09. The Morgan fingerprint density at radius 1 is 1.08 bits per heavy atom. The number of benzene rings is 2. The Balaban J connectivity index is 1.90. The van der Waals surface area contributed by atoms with E-state index < -0.39 is 0 Å². The summed E-state index contributed by atoms with van der Waals surface area (Å²) >= 11 is 0. The highest BCUT2D eigenvalue weighted by Gasteiger charge is 2.08. The molecule has 0 radical (unpaired) electrons. The average Bonchev–Trinajstić information content (AvgIpc) is 2.61. The Morgan fingerprint density at radius 3 is 2.52 bits per heavy atom. The molecule has 2 rings (SSSR count). The topological polar surface area (TPSA) is 91.2 Å². The summed E-state index contributed by atoms with van der Waals surface area (Å²) in [6.07, 6.45) is -0.196. The van der Waals surface area contributed by atoms with Gasteiger partial charge in [-0.25, -0.2) is 0 Å². The average molecular weight is 337 g/mol. The number of anilines is 1. The predicted molar refractivity (Wildman–Crippen MR) is 93.8 cm³/mol. The van der Waals surface area contributed by atoms with Crippen LogP contribution in [-0.4, -0.2) is 18.4 Å². The van der Waals surface area contributed by atoms with E-state index in [9.17, 15) is 9.59 Å². The van der Waals surface area contributed by atoms with Crippen LogP contribution in [0.15, 0.2) is 48.5 Å². The number of rotatable bonds is 7. The second-order valence-corrected chi connectivity index (χ2v) is 5.42. The van der Waals surface area contributed by atoms with Crippen molar-refractivity contribution in [1.82, 2.24) is 5.32 Å². The molecule has 0 saturated heterocycles. The number of ether oxygens (including phenoxy) is 1. The SMILES string of the molecule is Cc1ccc(OCC(=O)Nc2ccccc2CNC(=O)CC#N)cc1. The minimum absolute atomic E-state index is 0.113. The smallest absolute Gasteiger partial charge is 0.262 e. The fourth-order valence-corrected chi connectivity index (χ4v) is 2.09. The van der Waals surface area contributed by atoms with E-state index in [2.05, 4.69) is 10.6 Å².